The van der Waals surface area contributed by atoms with E-state index in [1.807, 2.05) is 18.2 Å². The van der Waals surface area contributed by atoms with Gasteiger partial charge in [-0.2, -0.15) is 4.99 Å². The number of halogens is 1. The van der Waals surface area contributed by atoms with E-state index in [1.165, 1.54) is 12.1 Å². The molecule has 2 atom stereocenters. The Labute approximate surface area is 175 Å². The van der Waals surface area contributed by atoms with Crippen LogP contribution in [0.1, 0.15) is 38.2 Å². The number of hydrogen-bond acceptors (Lipinski definition) is 3. The number of benzene rings is 2. The molecular weight excluding hydrogens is 381 g/mol. The summed E-state index contributed by atoms with van der Waals surface area (Å²) in [6, 6.07) is 14.3. The van der Waals surface area contributed by atoms with E-state index in [2.05, 4.69) is 23.3 Å². The molecule has 1 saturated carbocycles. The standard InChI is InChI=1S/C24H26FN3O2/c1-16-15-24(10-11-26-16)22(13-17-4-2-7-21(12-17)30-20-8-9-20)27-23(29)28(24)19-6-3-5-18(25)14-19/h2-7,12,14,16,20,26H,8-11,13,15H2,1H3. The average molecular weight is 407 g/mol. The van der Waals surface area contributed by atoms with Crippen LogP contribution in [0.25, 0.3) is 0 Å². The fraction of sp³-hybridized carbons (Fsp3) is 0.417. The topological polar surface area (TPSA) is 53.9 Å². The maximum absolute atomic E-state index is 14.0. The molecule has 1 N–H and O–H groups in total. The maximum atomic E-state index is 14.0. The zero-order valence-corrected chi connectivity index (χ0v) is 17.1. The second-order valence-electron chi connectivity index (χ2n) is 8.64. The first-order valence-corrected chi connectivity index (χ1v) is 10.7. The number of urea groups is 1. The van der Waals surface area contributed by atoms with Crippen molar-refractivity contribution >= 4 is 17.4 Å². The number of nitrogens with zero attached hydrogens (tertiary/aromatic N) is 2. The van der Waals surface area contributed by atoms with Crippen LogP contribution in [0.3, 0.4) is 0 Å². The lowest BCUT2D eigenvalue weighted by atomic mass is 9.77. The zero-order chi connectivity index (χ0) is 20.7. The highest BCUT2D eigenvalue weighted by atomic mass is 19.1. The lowest BCUT2D eigenvalue weighted by Crippen LogP contribution is -2.60. The monoisotopic (exact) mass is 407 g/mol. The summed E-state index contributed by atoms with van der Waals surface area (Å²) in [6.07, 6.45) is 4.63. The number of nitrogens with one attached hydrogen (secondary N) is 1. The van der Waals surface area contributed by atoms with E-state index < -0.39 is 5.54 Å². The van der Waals surface area contributed by atoms with Crippen LogP contribution < -0.4 is 15.0 Å². The predicted octanol–water partition coefficient (Wildman–Crippen LogP) is 4.50. The Morgan fingerprint density at radius 2 is 2.07 bits per heavy atom. The molecule has 1 spiro atoms. The van der Waals surface area contributed by atoms with Gasteiger partial charge in [0, 0.05) is 18.2 Å². The predicted molar refractivity (Wildman–Crippen MR) is 115 cm³/mol. The van der Waals surface area contributed by atoms with Crippen molar-refractivity contribution in [2.75, 3.05) is 11.4 Å². The third-order valence-corrected chi connectivity index (χ3v) is 6.23. The minimum atomic E-state index is -0.539. The van der Waals surface area contributed by atoms with Crippen LogP contribution in [-0.4, -0.2) is 36.0 Å². The highest BCUT2D eigenvalue weighted by molar-refractivity contribution is 6.17. The first kappa shape index (κ1) is 19.2. The van der Waals surface area contributed by atoms with Gasteiger partial charge in [-0.3, -0.25) is 4.90 Å². The molecule has 0 aromatic heterocycles. The Balaban J connectivity index is 1.49. The molecule has 1 aliphatic carbocycles. The first-order chi connectivity index (χ1) is 14.5. The van der Waals surface area contributed by atoms with Crippen LogP contribution in [0.2, 0.25) is 0 Å². The molecule has 2 aromatic rings. The Morgan fingerprint density at radius 1 is 1.23 bits per heavy atom. The van der Waals surface area contributed by atoms with Crippen LogP contribution in [-0.2, 0) is 6.42 Å². The van der Waals surface area contributed by atoms with Crippen LogP contribution in [0.4, 0.5) is 14.9 Å². The number of aliphatic imine (C=N–C) groups is 1. The lowest BCUT2D eigenvalue weighted by Gasteiger charge is -2.44. The summed E-state index contributed by atoms with van der Waals surface area (Å²) in [7, 11) is 0. The van der Waals surface area contributed by atoms with Crippen molar-refractivity contribution < 1.29 is 13.9 Å². The van der Waals surface area contributed by atoms with E-state index >= 15 is 0 Å². The van der Waals surface area contributed by atoms with Gasteiger partial charge in [-0.1, -0.05) is 18.2 Å². The van der Waals surface area contributed by atoms with Gasteiger partial charge in [0.2, 0.25) is 0 Å². The molecule has 2 aliphatic heterocycles. The molecule has 5 nitrogen and oxygen atoms in total. The van der Waals surface area contributed by atoms with Gasteiger partial charge in [-0.25, -0.2) is 9.18 Å². The molecule has 0 bridgehead atoms. The van der Waals surface area contributed by atoms with Crippen LogP contribution >= 0.6 is 0 Å². The number of hydrogen-bond donors (Lipinski definition) is 1. The minimum absolute atomic E-state index is 0.232. The molecule has 1 saturated heterocycles. The van der Waals surface area contributed by atoms with E-state index in [0.29, 0.717) is 18.2 Å². The molecule has 2 heterocycles. The van der Waals surface area contributed by atoms with Gasteiger partial charge >= 0.3 is 6.03 Å². The first-order valence-electron chi connectivity index (χ1n) is 10.7. The molecule has 2 unspecified atom stereocenters. The molecule has 156 valence electrons. The molecule has 30 heavy (non-hydrogen) atoms. The zero-order valence-electron chi connectivity index (χ0n) is 17.1. The highest BCUT2D eigenvalue weighted by Gasteiger charge is 2.51. The molecule has 2 aromatic carbocycles. The van der Waals surface area contributed by atoms with Gasteiger partial charge in [0.25, 0.3) is 0 Å². The SMILES string of the molecule is CC1CC2(CCN1)C(Cc1cccc(OC3CC3)c1)=NC(=O)N2c1cccc(F)c1. The summed E-state index contributed by atoms with van der Waals surface area (Å²) in [5.74, 6) is 0.519. The van der Waals surface area contributed by atoms with Gasteiger partial charge in [-0.05, 0) is 75.0 Å². The number of piperidine rings is 1. The van der Waals surface area contributed by atoms with Crippen molar-refractivity contribution in [2.45, 2.75) is 56.7 Å². The highest BCUT2D eigenvalue weighted by Crippen LogP contribution is 2.40. The van der Waals surface area contributed by atoms with Gasteiger partial charge in [0.05, 0.1) is 17.4 Å². The van der Waals surface area contributed by atoms with E-state index in [0.717, 1.165) is 49.3 Å². The maximum Gasteiger partial charge on any atom is 0.348 e. The molecule has 2 amide bonds. The molecule has 2 fully saturated rings. The van der Waals surface area contributed by atoms with Crippen molar-refractivity contribution in [1.82, 2.24) is 5.32 Å². The Hall–Kier alpha value is -2.73. The van der Waals surface area contributed by atoms with Gasteiger partial charge in [0.15, 0.2) is 0 Å². The van der Waals surface area contributed by atoms with E-state index in [-0.39, 0.29) is 17.9 Å². The number of amides is 2. The van der Waals surface area contributed by atoms with Crippen molar-refractivity contribution in [1.29, 1.82) is 0 Å². The van der Waals surface area contributed by atoms with Gasteiger partial charge < -0.3 is 10.1 Å². The van der Waals surface area contributed by atoms with Crippen molar-refractivity contribution in [3.8, 4) is 5.75 Å². The second-order valence-corrected chi connectivity index (χ2v) is 8.64. The number of rotatable bonds is 5. The van der Waals surface area contributed by atoms with Crippen LogP contribution in [0, 0.1) is 5.82 Å². The van der Waals surface area contributed by atoms with Crippen molar-refractivity contribution in [3.05, 3.63) is 59.9 Å². The molecule has 0 radical (unpaired) electrons. The second kappa shape index (κ2) is 7.51. The van der Waals surface area contributed by atoms with Crippen LogP contribution in [0.15, 0.2) is 53.5 Å². The normalized spacial score (nSPS) is 26.2. The third kappa shape index (κ3) is 3.60. The van der Waals surface area contributed by atoms with Crippen molar-refractivity contribution in [2.24, 2.45) is 4.99 Å². The lowest BCUT2D eigenvalue weighted by molar-refractivity contribution is 0.247. The van der Waals surface area contributed by atoms with Crippen molar-refractivity contribution in [3.63, 3.8) is 0 Å². The molecule has 3 aliphatic rings. The number of anilines is 1. The summed E-state index contributed by atoms with van der Waals surface area (Å²) < 4.78 is 19.9. The van der Waals surface area contributed by atoms with E-state index in [9.17, 15) is 9.18 Å². The summed E-state index contributed by atoms with van der Waals surface area (Å²) in [5, 5.41) is 3.47. The summed E-state index contributed by atoms with van der Waals surface area (Å²) in [6.45, 7) is 2.90. The average Bonchev–Trinajstić information content (AvgIpc) is 3.48. The molecule has 5 rings (SSSR count). The van der Waals surface area contributed by atoms with Gasteiger partial charge in [0.1, 0.15) is 11.6 Å². The third-order valence-electron chi connectivity index (χ3n) is 6.23. The largest absolute Gasteiger partial charge is 0.490 e. The van der Waals surface area contributed by atoms with Gasteiger partial charge in [-0.15, -0.1) is 0 Å². The van der Waals surface area contributed by atoms with Crippen LogP contribution in [0.5, 0.6) is 5.75 Å². The number of ether oxygens (including phenoxy) is 1. The molecular formula is C24H26FN3O2. The quantitative estimate of drug-likeness (QED) is 0.794. The number of carbonyl (C=O) groups is 1. The Morgan fingerprint density at radius 3 is 2.83 bits per heavy atom. The Kier molecular flexibility index (Phi) is 4.82. The minimum Gasteiger partial charge on any atom is -0.490 e. The summed E-state index contributed by atoms with van der Waals surface area (Å²) in [5.41, 5.74) is 1.96. The summed E-state index contributed by atoms with van der Waals surface area (Å²) >= 11 is 0. The smallest absolute Gasteiger partial charge is 0.348 e. The fourth-order valence-electron chi connectivity index (χ4n) is 4.73. The molecule has 6 heteroatoms. The summed E-state index contributed by atoms with van der Waals surface area (Å²) in [4.78, 5) is 19.3. The van der Waals surface area contributed by atoms with E-state index in [1.54, 1.807) is 17.0 Å². The van der Waals surface area contributed by atoms with E-state index in [4.69, 9.17) is 4.74 Å². The fourth-order valence-corrected chi connectivity index (χ4v) is 4.73. The number of carbonyl (C=O) groups excluding carboxylic acids is 1. The Bertz CT molecular complexity index is 1000.